The van der Waals surface area contributed by atoms with E-state index in [-0.39, 0.29) is 0 Å². The Morgan fingerprint density at radius 1 is 0.950 bits per heavy atom. The Morgan fingerprint density at radius 3 is 2.85 bits per heavy atom. The Morgan fingerprint density at radius 2 is 1.85 bits per heavy atom. The Bertz CT molecular complexity index is 491. The van der Waals surface area contributed by atoms with Gasteiger partial charge in [0.15, 0.2) is 11.5 Å². The van der Waals surface area contributed by atoms with E-state index < -0.39 is 0 Å². The van der Waals surface area contributed by atoms with Gasteiger partial charge in [0.05, 0.1) is 0 Å². The van der Waals surface area contributed by atoms with Gasteiger partial charge in [0.2, 0.25) is 6.79 Å². The van der Waals surface area contributed by atoms with Crippen LogP contribution in [0.1, 0.15) is 25.7 Å². The predicted octanol–water partition coefficient (Wildman–Crippen LogP) is 2.48. The van der Waals surface area contributed by atoms with Crippen molar-refractivity contribution in [2.45, 2.75) is 31.7 Å². The van der Waals surface area contributed by atoms with Crippen LogP contribution in [0.5, 0.6) is 11.5 Å². The molecule has 1 aromatic carbocycles. The van der Waals surface area contributed by atoms with E-state index in [1.54, 1.807) is 0 Å². The normalized spacial score (nSPS) is 26.2. The third-order valence-electron chi connectivity index (χ3n) is 4.77. The first-order chi connectivity index (χ1) is 9.90. The van der Waals surface area contributed by atoms with Crippen LogP contribution in [0.25, 0.3) is 0 Å². The molecule has 2 saturated heterocycles. The van der Waals surface area contributed by atoms with E-state index in [0.717, 1.165) is 30.6 Å². The van der Waals surface area contributed by atoms with Gasteiger partial charge < -0.3 is 14.4 Å². The molecular formula is C16H22N2O2. The maximum absolute atomic E-state index is 5.51. The molecule has 1 aromatic rings. The number of hydrogen-bond donors (Lipinski definition) is 0. The summed E-state index contributed by atoms with van der Waals surface area (Å²) in [6.07, 6.45) is 5.36. The number of rotatable bonds is 1. The van der Waals surface area contributed by atoms with E-state index in [1.807, 2.05) is 6.07 Å². The van der Waals surface area contributed by atoms with Gasteiger partial charge in [-0.15, -0.1) is 0 Å². The fraction of sp³-hybridized carbons (Fsp3) is 0.625. The molecule has 0 amide bonds. The quantitative estimate of drug-likeness (QED) is 0.785. The molecule has 3 heterocycles. The van der Waals surface area contributed by atoms with Crippen molar-refractivity contribution in [2.24, 2.45) is 0 Å². The van der Waals surface area contributed by atoms with E-state index in [4.69, 9.17) is 9.47 Å². The topological polar surface area (TPSA) is 24.9 Å². The smallest absolute Gasteiger partial charge is 0.231 e. The summed E-state index contributed by atoms with van der Waals surface area (Å²) in [6, 6.07) is 7.09. The van der Waals surface area contributed by atoms with Crippen molar-refractivity contribution >= 4 is 5.69 Å². The molecule has 20 heavy (non-hydrogen) atoms. The van der Waals surface area contributed by atoms with Gasteiger partial charge in [-0.05, 0) is 37.9 Å². The molecule has 0 N–H and O–H groups in total. The summed E-state index contributed by atoms with van der Waals surface area (Å²) in [5.41, 5.74) is 1.28. The van der Waals surface area contributed by atoms with Crippen molar-refractivity contribution in [3.8, 4) is 11.5 Å². The average Bonchev–Trinajstić information content (AvgIpc) is 2.84. The molecule has 4 nitrogen and oxygen atoms in total. The van der Waals surface area contributed by atoms with E-state index in [1.165, 1.54) is 44.5 Å². The highest BCUT2D eigenvalue weighted by molar-refractivity contribution is 5.57. The molecule has 2 fully saturated rings. The second-order valence-electron chi connectivity index (χ2n) is 6.02. The summed E-state index contributed by atoms with van der Waals surface area (Å²) in [6.45, 7) is 5.20. The lowest BCUT2D eigenvalue weighted by Gasteiger charge is -2.35. The Kier molecular flexibility index (Phi) is 3.19. The minimum Gasteiger partial charge on any atom is -0.454 e. The molecule has 0 bridgehead atoms. The van der Waals surface area contributed by atoms with Crippen LogP contribution in [0.3, 0.4) is 0 Å². The van der Waals surface area contributed by atoms with E-state index in [2.05, 4.69) is 21.9 Å². The monoisotopic (exact) mass is 274 g/mol. The largest absolute Gasteiger partial charge is 0.454 e. The van der Waals surface area contributed by atoms with Crippen molar-refractivity contribution in [1.29, 1.82) is 0 Å². The highest BCUT2D eigenvalue weighted by Gasteiger charge is 2.27. The fourth-order valence-electron chi connectivity index (χ4n) is 3.69. The molecule has 108 valence electrons. The molecule has 4 heteroatoms. The summed E-state index contributed by atoms with van der Waals surface area (Å²) in [4.78, 5) is 5.22. The van der Waals surface area contributed by atoms with Crippen LogP contribution in [-0.4, -0.2) is 43.9 Å². The second kappa shape index (κ2) is 5.17. The van der Waals surface area contributed by atoms with Crippen LogP contribution < -0.4 is 14.4 Å². The van der Waals surface area contributed by atoms with Crippen molar-refractivity contribution in [2.75, 3.05) is 37.9 Å². The van der Waals surface area contributed by atoms with Crippen molar-refractivity contribution in [1.82, 2.24) is 4.90 Å². The third-order valence-corrected chi connectivity index (χ3v) is 4.77. The van der Waals surface area contributed by atoms with Crippen LogP contribution in [0, 0.1) is 0 Å². The first kappa shape index (κ1) is 12.3. The number of piperidine rings is 1. The molecule has 1 atom stereocenters. The van der Waals surface area contributed by atoms with Crippen molar-refractivity contribution < 1.29 is 9.47 Å². The molecule has 0 aromatic heterocycles. The van der Waals surface area contributed by atoms with E-state index in [9.17, 15) is 0 Å². The lowest BCUT2D eigenvalue weighted by molar-refractivity contribution is 0.162. The van der Waals surface area contributed by atoms with Gasteiger partial charge in [0, 0.05) is 37.4 Å². The average molecular weight is 274 g/mol. The van der Waals surface area contributed by atoms with Crippen molar-refractivity contribution in [3.63, 3.8) is 0 Å². The Hall–Kier alpha value is -1.42. The highest BCUT2D eigenvalue weighted by Crippen LogP contribution is 2.36. The van der Waals surface area contributed by atoms with Gasteiger partial charge in [0.25, 0.3) is 0 Å². The summed E-state index contributed by atoms with van der Waals surface area (Å²) in [5.74, 6) is 1.77. The Balaban J connectivity index is 1.55. The molecule has 3 aliphatic rings. The summed E-state index contributed by atoms with van der Waals surface area (Å²) < 4.78 is 10.9. The third kappa shape index (κ3) is 2.22. The number of nitrogens with zero attached hydrogens (tertiary/aromatic N) is 2. The summed E-state index contributed by atoms with van der Waals surface area (Å²) >= 11 is 0. The number of ether oxygens (including phenoxy) is 2. The molecule has 3 aliphatic heterocycles. The van der Waals surface area contributed by atoms with Gasteiger partial charge in [-0.25, -0.2) is 0 Å². The minimum absolute atomic E-state index is 0.356. The number of anilines is 1. The number of hydrogen-bond acceptors (Lipinski definition) is 4. The van der Waals surface area contributed by atoms with Crippen LogP contribution in [0.2, 0.25) is 0 Å². The molecule has 0 radical (unpaired) electrons. The standard InChI is InChI=1S/C16H22N2O2/c1-2-7-17-8-3-9-18(11-14(17)4-1)13-5-6-15-16(10-13)20-12-19-15/h5-6,10,14H,1-4,7-9,11-12H2. The predicted molar refractivity (Wildman–Crippen MR) is 78.6 cm³/mol. The lowest BCUT2D eigenvalue weighted by atomic mass is 10.0. The first-order valence-corrected chi connectivity index (χ1v) is 7.79. The molecule has 0 aliphatic carbocycles. The van der Waals surface area contributed by atoms with Crippen LogP contribution in [0.4, 0.5) is 5.69 Å². The van der Waals surface area contributed by atoms with E-state index >= 15 is 0 Å². The van der Waals surface area contributed by atoms with Gasteiger partial charge in [-0.3, -0.25) is 4.90 Å². The zero-order chi connectivity index (χ0) is 13.4. The van der Waals surface area contributed by atoms with Crippen molar-refractivity contribution in [3.05, 3.63) is 18.2 Å². The molecule has 4 rings (SSSR count). The van der Waals surface area contributed by atoms with Gasteiger partial charge in [-0.2, -0.15) is 0 Å². The van der Waals surface area contributed by atoms with E-state index in [0.29, 0.717) is 6.79 Å². The SMILES string of the molecule is c1cc2c(cc1N1CCCN3CCCCC3C1)OCO2. The lowest BCUT2D eigenvalue weighted by Crippen LogP contribution is -2.44. The number of benzene rings is 1. The number of fused-ring (bicyclic) bond motifs is 2. The maximum Gasteiger partial charge on any atom is 0.231 e. The zero-order valence-corrected chi connectivity index (χ0v) is 11.9. The second-order valence-corrected chi connectivity index (χ2v) is 6.02. The van der Waals surface area contributed by atoms with Crippen LogP contribution in [0.15, 0.2) is 18.2 Å². The van der Waals surface area contributed by atoms with Gasteiger partial charge in [-0.1, -0.05) is 6.42 Å². The molecule has 0 saturated carbocycles. The van der Waals surface area contributed by atoms with Gasteiger partial charge in [0.1, 0.15) is 0 Å². The summed E-state index contributed by atoms with van der Waals surface area (Å²) in [7, 11) is 0. The highest BCUT2D eigenvalue weighted by atomic mass is 16.7. The molecular weight excluding hydrogens is 252 g/mol. The first-order valence-electron chi connectivity index (χ1n) is 7.79. The molecule has 0 spiro atoms. The summed E-state index contributed by atoms with van der Waals surface area (Å²) in [5, 5.41) is 0. The van der Waals surface area contributed by atoms with Crippen LogP contribution in [-0.2, 0) is 0 Å². The van der Waals surface area contributed by atoms with Crippen LogP contribution >= 0.6 is 0 Å². The maximum atomic E-state index is 5.51. The Labute approximate surface area is 120 Å². The molecule has 1 unspecified atom stereocenters. The zero-order valence-electron chi connectivity index (χ0n) is 11.9. The fourth-order valence-corrected chi connectivity index (χ4v) is 3.69. The minimum atomic E-state index is 0.356. The van der Waals surface area contributed by atoms with Gasteiger partial charge >= 0.3 is 0 Å².